The Balaban J connectivity index is 0.817. The van der Waals surface area contributed by atoms with Crippen molar-refractivity contribution in [1.29, 1.82) is 0 Å². The van der Waals surface area contributed by atoms with Crippen LogP contribution in [0.1, 0.15) is 239 Å². The van der Waals surface area contributed by atoms with Crippen molar-refractivity contribution in [3.8, 4) is 0 Å². The van der Waals surface area contributed by atoms with Gasteiger partial charge in [-0.3, -0.25) is 4.79 Å². The van der Waals surface area contributed by atoms with Crippen molar-refractivity contribution in [1.82, 2.24) is 0 Å². The molecule has 0 aromatic carbocycles. The molecule has 0 spiro atoms. The second kappa shape index (κ2) is 22.4. The number of hydrogen-bond acceptors (Lipinski definition) is 9. The van der Waals surface area contributed by atoms with Gasteiger partial charge in [0.25, 0.3) is 0 Å². The zero-order chi connectivity index (χ0) is 47.7. The fraction of sp³-hybridized carbons (Fsp3) is 0.982. The molecule has 13 heterocycles. The lowest BCUT2D eigenvalue weighted by atomic mass is 9.57. The van der Waals surface area contributed by atoms with Crippen molar-refractivity contribution in [2.45, 2.75) is 309 Å². The Morgan fingerprint density at radius 3 is 0.794 bits per heavy atom. The number of hydrogen-bond donors (Lipinski definition) is 1. The quantitative estimate of drug-likeness (QED) is 0.290. The lowest BCUT2D eigenvalue weighted by Gasteiger charge is -2.49. The van der Waals surface area contributed by atoms with Gasteiger partial charge in [-0.05, 0) is 246 Å². The van der Waals surface area contributed by atoms with Gasteiger partial charge in [0.15, 0.2) is 19.7 Å². The molecule has 0 aromatic heterocycles. The largest absolute Gasteiger partial charge is 0.481 e. The smallest absolute Gasteiger partial charge is 0.303 e. The van der Waals surface area contributed by atoms with Crippen LogP contribution in [0.3, 0.4) is 0 Å². The minimum absolute atomic E-state index is 0.0485. The van der Waals surface area contributed by atoms with Crippen molar-refractivity contribution in [2.75, 3.05) is 0 Å². The Bertz CT molecular complexity index is 1700. The highest BCUT2D eigenvalue weighted by atomic mass is 32.2. The van der Waals surface area contributed by atoms with Crippen LogP contribution in [0.2, 0.25) is 0 Å². The summed E-state index contributed by atoms with van der Waals surface area (Å²) < 4.78 is 83.3. The van der Waals surface area contributed by atoms with Crippen LogP contribution >= 0.6 is 0 Å². The Morgan fingerprint density at radius 1 is 0.368 bits per heavy atom. The summed E-state index contributed by atoms with van der Waals surface area (Å²) >= 11 is 0. The molecule has 21 fully saturated rings. The van der Waals surface area contributed by atoms with Gasteiger partial charge in [0.2, 0.25) is 0 Å². The molecule has 10 nitrogen and oxygen atoms in total. The molecule has 1 N–H and O–H groups in total. The molecule has 0 amide bonds. The van der Waals surface area contributed by atoms with Gasteiger partial charge >= 0.3 is 5.97 Å². The minimum atomic E-state index is -3.19. The van der Waals surface area contributed by atoms with Crippen LogP contribution in [0.15, 0.2) is 0 Å². The maximum absolute atomic E-state index is 14.0. The molecule has 13 saturated heterocycles. The zero-order valence-corrected chi connectivity index (χ0v) is 44.4. The summed E-state index contributed by atoms with van der Waals surface area (Å²) in [6.45, 7) is 7.42. The van der Waals surface area contributed by atoms with Gasteiger partial charge in [-0.1, -0.05) is 20.8 Å². The van der Waals surface area contributed by atoms with Crippen LogP contribution in [0, 0.1) is 34.5 Å². The molecule has 390 valence electrons. The summed E-state index contributed by atoms with van der Waals surface area (Å²) in [5, 5.41) is 8.86. The third-order valence-corrected chi connectivity index (χ3v) is 27.0. The van der Waals surface area contributed by atoms with E-state index in [4.69, 9.17) is 18.9 Å². The molecule has 8 saturated carbocycles. The Morgan fingerprint density at radius 2 is 0.574 bits per heavy atom. The van der Waals surface area contributed by atoms with E-state index in [1.807, 2.05) is 0 Å². The van der Waals surface area contributed by atoms with Gasteiger partial charge in [-0.2, -0.15) is 0 Å². The van der Waals surface area contributed by atoms with Gasteiger partial charge in [-0.15, -0.1) is 0 Å². The maximum Gasteiger partial charge on any atom is 0.303 e. The molecule has 68 heavy (non-hydrogen) atoms. The Hall–Kier alpha value is -0.790. The maximum atomic E-state index is 14.0. The van der Waals surface area contributed by atoms with E-state index in [0.717, 1.165) is 154 Å². The molecule has 8 aliphatic carbocycles. The first kappa shape index (κ1) is 52.1. The Kier molecular flexibility index (Phi) is 17.1. The first-order chi connectivity index (χ1) is 32.6. The van der Waals surface area contributed by atoms with Crippen LogP contribution < -0.4 is 0 Å². The molecule has 13 aliphatic heterocycles. The highest BCUT2D eigenvalue weighted by molar-refractivity contribution is 7.92. The van der Waals surface area contributed by atoms with Crippen LogP contribution in [0.4, 0.5) is 0 Å². The summed E-state index contributed by atoms with van der Waals surface area (Å²) in [5.74, 6) is 1.60. The summed E-state index contributed by atoms with van der Waals surface area (Å²) in [7, 11) is -6.39. The van der Waals surface area contributed by atoms with E-state index < -0.39 is 25.6 Å². The molecular formula is C56H94O10S2. The zero-order valence-electron chi connectivity index (χ0n) is 42.7. The second-order valence-electron chi connectivity index (χ2n) is 25.4. The van der Waals surface area contributed by atoms with Crippen molar-refractivity contribution in [3.63, 3.8) is 0 Å². The van der Waals surface area contributed by atoms with Gasteiger partial charge in [0, 0.05) is 6.42 Å². The van der Waals surface area contributed by atoms with Gasteiger partial charge in [0.05, 0.1) is 69.8 Å². The molecule has 0 atom stereocenters. The minimum Gasteiger partial charge on any atom is -0.481 e. The predicted molar refractivity (Wildman–Crippen MR) is 268 cm³/mol. The first-order valence-corrected chi connectivity index (χ1v) is 32.1. The van der Waals surface area contributed by atoms with E-state index >= 15 is 0 Å². The number of ether oxygens (including phenoxy) is 4. The molecule has 0 unspecified atom stereocenters. The summed E-state index contributed by atoms with van der Waals surface area (Å²) in [4.78, 5) is 12.0. The number of carboxylic acids is 1. The lowest BCUT2D eigenvalue weighted by molar-refractivity contribution is -0.139. The first-order valence-electron chi connectivity index (χ1n) is 28.8. The van der Waals surface area contributed by atoms with Crippen LogP contribution in [0.25, 0.3) is 0 Å². The van der Waals surface area contributed by atoms with Gasteiger partial charge in [0.1, 0.15) is 0 Å². The molecule has 0 radical (unpaired) electrons. The molecular weight excluding hydrogens is 897 g/mol. The van der Waals surface area contributed by atoms with Crippen molar-refractivity contribution in [3.05, 3.63) is 0 Å². The number of carboxylic acid groups (broad SMARTS) is 1. The number of sulfone groups is 2. The van der Waals surface area contributed by atoms with Crippen molar-refractivity contribution < 1.29 is 45.7 Å². The second-order valence-corrected chi connectivity index (χ2v) is 30.5. The molecule has 21 rings (SSSR count). The average Bonchev–Trinajstić information content (AvgIpc) is 3.34. The summed E-state index contributed by atoms with van der Waals surface area (Å²) in [5.41, 5.74) is 0.235. The van der Waals surface area contributed by atoms with E-state index in [1.54, 1.807) is 0 Å². The van der Waals surface area contributed by atoms with Gasteiger partial charge in [-0.25, -0.2) is 16.8 Å². The molecule has 0 aromatic rings. The van der Waals surface area contributed by atoms with Crippen molar-refractivity contribution >= 4 is 25.6 Å². The fourth-order valence-corrected chi connectivity index (χ4v) is 21.5. The molecule has 16 bridgehead atoms. The van der Waals surface area contributed by atoms with Crippen molar-refractivity contribution in [2.24, 2.45) is 34.5 Å². The number of carbonyl (C=O) groups is 1. The number of rotatable bonds is 3. The highest BCUT2D eigenvalue weighted by Gasteiger charge is 2.47. The van der Waals surface area contributed by atoms with Crippen LogP contribution in [-0.4, -0.2) is 97.7 Å². The monoisotopic (exact) mass is 991 g/mol. The van der Waals surface area contributed by atoms with E-state index in [9.17, 15) is 26.7 Å². The average molecular weight is 991 g/mol. The van der Waals surface area contributed by atoms with E-state index in [0.29, 0.717) is 68.0 Å². The van der Waals surface area contributed by atoms with E-state index in [1.165, 1.54) is 25.7 Å². The Labute approximate surface area is 412 Å². The lowest BCUT2D eigenvalue weighted by Crippen LogP contribution is -2.43. The fourth-order valence-electron chi connectivity index (χ4n) is 16.7. The number of aliphatic carboxylic acids is 1. The van der Waals surface area contributed by atoms with E-state index in [2.05, 4.69) is 20.8 Å². The predicted octanol–water partition coefficient (Wildman–Crippen LogP) is 12.3. The highest BCUT2D eigenvalue weighted by Crippen LogP contribution is 2.53. The third-order valence-electron chi connectivity index (χ3n) is 21.4. The molecule has 12 heteroatoms. The standard InChI is InChI=1S/C56H94O10S2/c1-55(2)38-4-12-42(13-5-38)63-46-20-28-50(29-21-46)67(59,60)52-32-24-48(25-33-52)65-44-16-8-40(9-17-44)56(3,37-36-54(57)58)41-10-18-45(19-11-41)66-49-26-34-53(35-27-49)68(61,62)51-30-22-47(23-31-51)64-43-14-6-39(55)7-15-43/h38-53H,4-37H2,1-3H3,(H,57,58). The molecule has 21 aliphatic rings. The third kappa shape index (κ3) is 12.1. The normalized spacial score (nSPS) is 46.1. The van der Waals surface area contributed by atoms with Crippen LogP contribution in [0.5, 0.6) is 0 Å². The SMILES string of the molecule is CC1(C)C2CCC(CC2)OC2CCC(CC2)S(=O)(=O)C2CCC(CC2)OC2CCC(CC2)C(C)(CCC(=O)O)C2CCC(CC2)OC2CCC(CC2)S(=O)(=O)C2CCC(CC2)OC2CCC1CC2. The van der Waals surface area contributed by atoms with Gasteiger partial charge < -0.3 is 24.1 Å². The summed E-state index contributed by atoms with van der Waals surface area (Å²) in [6.07, 6.45) is 32.4. The van der Waals surface area contributed by atoms with Crippen LogP contribution in [-0.2, 0) is 43.4 Å². The topological polar surface area (TPSA) is 142 Å². The summed E-state index contributed by atoms with van der Waals surface area (Å²) in [6, 6.07) is 0. The van der Waals surface area contributed by atoms with E-state index in [-0.39, 0.29) is 74.9 Å².